The fourth-order valence-corrected chi connectivity index (χ4v) is 3.29. The molecule has 0 bridgehead atoms. The predicted octanol–water partition coefficient (Wildman–Crippen LogP) is 2.01. The van der Waals surface area contributed by atoms with Gasteiger partial charge in [0, 0.05) is 23.4 Å². The van der Waals surface area contributed by atoms with Crippen LogP contribution in [0.3, 0.4) is 0 Å². The molecule has 1 aliphatic rings. The van der Waals surface area contributed by atoms with E-state index in [1.165, 1.54) is 60.7 Å². The lowest BCUT2D eigenvalue weighted by atomic mass is 10.1. The van der Waals surface area contributed by atoms with E-state index in [9.17, 15) is 34.4 Å². The normalized spacial score (nSPS) is 12.4. The summed E-state index contributed by atoms with van der Waals surface area (Å²) >= 11 is 0. The van der Waals surface area contributed by atoms with Gasteiger partial charge in [0.1, 0.15) is 0 Å². The van der Waals surface area contributed by atoms with Crippen molar-refractivity contribution in [2.45, 2.75) is 0 Å². The van der Waals surface area contributed by atoms with Crippen LogP contribution in [-0.2, 0) is 0 Å². The van der Waals surface area contributed by atoms with Crippen LogP contribution in [0.5, 0.6) is 0 Å². The highest BCUT2D eigenvalue weighted by molar-refractivity contribution is 6.34. The maximum absolute atomic E-state index is 12.9. The highest BCUT2D eigenvalue weighted by Gasteiger charge is 2.37. The number of carboxylic acids is 1. The molecule has 1 heterocycles. The van der Waals surface area contributed by atoms with Crippen LogP contribution in [0, 0.1) is 10.1 Å². The van der Waals surface area contributed by atoms with Gasteiger partial charge in [0.05, 0.1) is 27.7 Å². The molecule has 3 amide bonds. The number of carbonyl (C=O) groups is 4. The molecule has 1 N–H and O–H groups in total. The average Bonchev–Trinajstić information content (AvgIpc) is 3.03. The molecule has 0 unspecified atom stereocenters. The van der Waals surface area contributed by atoms with Gasteiger partial charge in [-0.1, -0.05) is 18.2 Å². The maximum Gasteiger partial charge on any atom is 0.271 e. The van der Waals surface area contributed by atoms with Crippen LogP contribution in [0.2, 0.25) is 0 Å². The smallest absolute Gasteiger partial charge is 0.271 e. The number of anilines is 2. The molecule has 0 fully saturated rings. The Bertz CT molecular complexity index is 1330. The van der Waals surface area contributed by atoms with E-state index < -0.39 is 28.6 Å². The number of carboxylic acid groups (broad SMARTS) is 1. The van der Waals surface area contributed by atoms with Crippen LogP contribution in [0.25, 0.3) is 0 Å². The first kappa shape index (κ1) is 20.4. The molecule has 32 heavy (non-hydrogen) atoms. The Kier molecular flexibility index (Phi) is 4.95. The third-order valence-corrected chi connectivity index (χ3v) is 4.80. The summed E-state index contributed by atoms with van der Waals surface area (Å²) < 4.78 is 0. The van der Waals surface area contributed by atoms with Crippen molar-refractivity contribution in [2.24, 2.45) is 0 Å². The van der Waals surface area contributed by atoms with Gasteiger partial charge in [0.25, 0.3) is 23.4 Å². The monoisotopic (exact) mass is 430 g/mol. The van der Waals surface area contributed by atoms with Gasteiger partial charge in [-0.3, -0.25) is 24.5 Å². The molecule has 10 nitrogen and oxygen atoms in total. The third-order valence-electron chi connectivity index (χ3n) is 4.80. The number of aromatic carboxylic acids is 1. The summed E-state index contributed by atoms with van der Waals surface area (Å²) in [6, 6.07) is 14.5. The number of nitro groups is 1. The van der Waals surface area contributed by atoms with Crippen LogP contribution in [0.1, 0.15) is 41.4 Å². The average molecular weight is 430 g/mol. The summed E-state index contributed by atoms with van der Waals surface area (Å²) in [5, 5.41) is 24.5. The van der Waals surface area contributed by atoms with Gasteiger partial charge in [-0.2, -0.15) is 0 Å². The molecular weight excluding hydrogens is 418 g/mol. The number of nitrogens with zero attached hydrogens (tertiary/aromatic N) is 2. The van der Waals surface area contributed by atoms with Crippen LogP contribution in [0.15, 0.2) is 66.7 Å². The van der Waals surface area contributed by atoms with Gasteiger partial charge in [-0.05, 0) is 42.0 Å². The molecule has 158 valence electrons. The lowest BCUT2D eigenvalue weighted by Gasteiger charge is -2.13. The summed E-state index contributed by atoms with van der Waals surface area (Å²) in [5.41, 5.74) is -0.0735. The molecule has 3 aromatic rings. The topological polar surface area (TPSA) is 150 Å². The zero-order valence-corrected chi connectivity index (χ0v) is 16.1. The van der Waals surface area contributed by atoms with E-state index in [0.29, 0.717) is 0 Å². The van der Waals surface area contributed by atoms with E-state index in [1.807, 2.05) is 0 Å². The van der Waals surface area contributed by atoms with E-state index in [-0.39, 0.29) is 39.3 Å². The van der Waals surface area contributed by atoms with Crippen LogP contribution in [-0.4, -0.2) is 28.6 Å². The Morgan fingerprint density at radius 2 is 1.56 bits per heavy atom. The number of non-ortho nitro benzene ring substituents is 1. The van der Waals surface area contributed by atoms with Crippen molar-refractivity contribution in [1.29, 1.82) is 0 Å². The molecule has 4 rings (SSSR count). The second-order valence-corrected chi connectivity index (χ2v) is 6.81. The molecule has 0 spiro atoms. The molecule has 3 aromatic carbocycles. The number of benzene rings is 3. The van der Waals surface area contributed by atoms with E-state index in [4.69, 9.17) is 0 Å². The van der Waals surface area contributed by atoms with Gasteiger partial charge < -0.3 is 15.2 Å². The van der Waals surface area contributed by atoms with Gasteiger partial charge in [-0.15, -0.1) is 0 Å². The number of imide groups is 1. The maximum atomic E-state index is 12.9. The molecule has 0 saturated heterocycles. The van der Waals surface area contributed by atoms with Crippen molar-refractivity contribution in [3.63, 3.8) is 0 Å². The Hall–Kier alpha value is -4.86. The van der Waals surface area contributed by atoms with E-state index >= 15 is 0 Å². The van der Waals surface area contributed by atoms with Crippen molar-refractivity contribution in [1.82, 2.24) is 0 Å². The van der Waals surface area contributed by atoms with Crippen molar-refractivity contribution in [2.75, 3.05) is 10.2 Å². The van der Waals surface area contributed by atoms with Crippen molar-refractivity contribution in [3.8, 4) is 0 Å². The Labute approximate surface area is 179 Å². The molecule has 0 atom stereocenters. The minimum atomic E-state index is -1.40. The first-order chi connectivity index (χ1) is 15.3. The number of rotatable bonds is 5. The van der Waals surface area contributed by atoms with Gasteiger partial charge in [0.2, 0.25) is 0 Å². The molecule has 10 heteroatoms. The second-order valence-electron chi connectivity index (χ2n) is 6.81. The quantitative estimate of drug-likeness (QED) is 0.369. The standard InChI is InChI=1S/C22H13N3O7/c26-19(23-14-4-1-3-13(9-14)22(29)30)12-7-8-17-18(10-12)21(28)24(20(17)27)15-5-2-6-16(11-15)25(31)32/h1-11H,(H,23,26)(H,29,30)/p-1. The van der Waals surface area contributed by atoms with Crippen LogP contribution < -0.4 is 15.3 Å². The molecule has 0 aliphatic carbocycles. The first-order valence-electron chi connectivity index (χ1n) is 9.16. The Morgan fingerprint density at radius 1 is 0.844 bits per heavy atom. The highest BCUT2D eigenvalue weighted by Crippen LogP contribution is 2.31. The van der Waals surface area contributed by atoms with Gasteiger partial charge in [-0.25, -0.2) is 4.90 Å². The number of hydrogen-bond acceptors (Lipinski definition) is 7. The minimum absolute atomic E-state index is 0.0300. The molecule has 1 aliphatic heterocycles. The molecule has 0 radical (unpaired) electrons. The second kappa shape index (κ2) is 7.76. The van der Waals surface area contributed by atoms with E-state index in [1.54, 1.807) is 0 Å². The third kappa shape index (κ3) is 3.56. The highest BCUT2D eigenvalue weighted by atomic mass is 16.6. The number of hydrogen-bond donors (Lipinski definition) is 1. The summed E-state index contributed by atoms with van der Waals surface area (Å²) in [4.78, 5) is 60.4. The summed E-state index contributed by atoms with van der Waals surface area (Å²) in [7, 11) is 0. The number of nitrogens with one attached hydrogen (secondary N) is 1. The number of amides is 3. The number of fused-ring (bicyclic) bond motifs is 1. The molecule has 0 aromatic heterocycles. The largest absolute Gasteiger partial charge is 0.545 e. The number of nitro benzene ring substituents is 1. The number of carbonyl (C=O) groups excluding carboxylic acids is 4. The van der Waals surface area contributed by atoms with E-state index in [2.05, 4.69) is 5.32 Å². The lowest BCUT2D eigenvalue weighted by Crippen LogP contribution is -2.29. The Balaban J connectivity index is 1.62. The van der Waals surface area contributed by atoms with Crippen molar-refractivity contribution in [3.05, 3.63) is 99.1 Å². The SMILES string of the molecule is O=C([O-])c1cccc(NC(=O)c2ccc3c(c2)C(=O)N(c2cccc([N+](=O)[O-])c2)C3=O)c1. The summed E-state index contributed by atoms with van der Waals surface area (Å²) in [6.07, 6.45) is 0. The first-order valence-corrected chi connectivity index (χ1v) is 9.16. The van der Waals surface area contributed by atoms with Gasteiger partial charge >= 0.3 is 0 Å². The van der Waals surface area contributed by atoms with Crippen LogP contribution >= 0.6 is 0 Å². The summed E-state index contributed by atoms with van der Waals surface area (Å²) in [6.45, 7) is 0. The molecule has 0 saturated carbocycles. The predicted molar refractivity (Wildman–Crippen MR) is 109 cm³/mol. The minimum Gasteiger partial charge on any atom is -0.545 e. The van der Waals surface area contributed by atoms with Gasteiger partial charge in [0.15, 0.2) is 0 Å². The zero-order chi connectivity index (χ0) is 23.0. The van der Waals surface area contributed by atoms with Crippen molar-refractivity contribution >= 4 is 40.8 Å². The van der Waals surface area contributed by atoms with Crippen LogP contribution in [0.4, 0.5) is 17.1 Å². The zero-order valence-electron chi connectivity index (χ0n) is 16.1. The Morgan fingerprint density at radius 3 is 2.28 bits per heavy atom. The fourth-order valence-electron chi connectivity index (χ4n) is 3.29. The fraction of sp³-hybridized carbons (Fsp3) is 0. The van der Waals surface area contributed by atoms with Crippen molar-refractivity contribution < 1.29 is 29.2 Å². The summed E-state index contributed by atoms with van der Waals surface area (Å²) in [5.74, 6) is -3.42. The van der Waals surface area contributed by atoms with E-state index in [0.717, 1.165) is 11.0 Å². The molecular formula is C22H12N3O7-. The lowest BCUT2D eigenvalue weighted by molar-refractivity contribution is -0.384.